The zero-order chi connectivity index (χ0) is 34.1. The van der Waals surface area contributed by atoms with E-state index in [0.29, 0.717) is 11.3 Å². The van der Waals surface area contributed by atoms with Crippen molar-refractivity contribution in [1.82, 2.24) is 0 Å². The Bertz CT molecular complexity index is 1680. The van der Waals surface area contributed by atoms with Gasteiger partial charge in [0.1, 0.15) is 0 Å². The second kappa shape index (κ2) is 16.5. The molecule has 1 atom stereocenters. The number of allylic oxidation sites excluding steroid dienone is 8. The summed E-state index contributed by atoms with van der Waals surface area (Å²) in [6.07, 6.45) is 22.2. The molecular formula is C46H55Cl2Zr-3. The first-order chi connectivity index (χ1) is 22.3. The molecule has 8 rings (SSSR count). The third-order valence-electron chi connectivity index (χ3n) is 10.9. The molecule has 1 saturated carbocycles. The first-order valence-electron chi connectivity index (χ1n) is 17.5. The molecule has 0 aromatic heterocycles. The van der Waals surface area contributed by atoms with E-state index in [9.17, 15) is 0 Å². The van der Waals surface area contributed by atoms with Crippen LogP contribution in [0.2, 0.25) is 0 Å². The zero-order valence-corrected chi connectivity index (χ0v) is 35.3. The third-order valence-corrected chi connectivity index (χ3v) is 10.9. The summed E-state index contributed by atoms with van der Waals surface area (Å²) >= 11 is 1.30. The summed E-state index contributed by atoms with van der Waals surface area (Å²) in [5, 5.41) is 0. The molecule has 0 heterocycles. The number of aryl methyl sites for hydroxylation is 1. The molecule has 3 aromatic rings. The van der Waals surface area contributed by atoms with Gasteiger partial charge in [-0.15, -0.1) is 36.4 Å². The van der Waals surface area contributed by atoms with Crippen LogP contribution in [0.25, 0.3) is 22.3 Å². The minimum absolute atomic E-state index is 0. The summed E-state index contributed by atoms with van der Waals surface area (Å²) in [7, 11) is 0. The van der Waals surface area contributed by atoms with E-state index in [-0.39, 0.29) is 35.6 Å². The van der Waals surface area contributed by atoms with E-state index in [0.717, 1.165) is 6.42 Å². The van der Waals surface area contributed by atoms with Gasteiger partial charge in [0, 0.05) is 5.41 Å². The summed E-state index contributed by atoms with van der Waals surface area (Å²) in [5.41, 5.74) is 17.9. The third kappa shape index (κ3) is 8.71. The van der Waals surface area contributed by atoms with Crippen molar-refractivity contribution in [2.24, 2.45) is 11.3 Å². The molecule has 3 aromatic carbocycles. The molecule has 3 heteroatoms. The van der Waals surface area contributed by atoms with Gasteiger partial charge in [-0.2, -0.15) is 53.1 Å². The topological polar surface area (TPSA) is 0 Å². The fourth-order valence-corrected chi connectivity index (χ4v) is 8.33. The first-order valence-corrected chi connectivity index (χ1v) is 19.3. The van der Waals surface area contributed by atoms with Crippen LogP contribution in [0.5, 0.6) is 0 Å². The molecule has 0 amide bonds. The summed E-state index contributed by atoms with van der Waals surface area (Å²) in [4.78, 5) is 0. The minimum atomic E-state index is 0. The van der Waals surface area contributed by atoms with Gasteiger partial charge in [-0.25, -0.2) is 11.6 Å². The van der Waals surface area contributed by atoms with Crippen LogP contribution < -0.4 is 0 Å². The number of fused-ring (bicyclic) bond motifs is 5. The second-order valence-electron chi connectivity index (χ2n) is 15.6. The van der Waals surface area contributed by atoms with Crippen molar-refractivity contribution in [2.45, 2.75) is 112 Å². The first kappa shape index (κ1) is 41.4. The Morgan fingerprint density at radius 2 is 1.33 bits per heavy atom. The van der Waals surface area contributed by atoms with Crippen molar-refractivity contribution < 1.29 is 24.2 Å². The molecule has 5 aliphatic rings. The van der Waals surface area contributed by atoms with Gasteiger partial charge in [0.25, 0.3) is 0 Å². The van der Waals surface area contributed by atoms with E-state index < -0.39 is 0 Å². The van der Waals surface area contributed by atoms with Gasteiger partial charge >= 0.3 is 28.4 Å². The van der Waals surface area contributed by atoms with E-state index in [2.05, 4.69) is 127 Å². The second-order valence-corrected chi connectivity index (χ2v) is 15.6. The monoisotopic (exact) mass is 767 g/mol. The average Bonchev–Trinajstić information content (AvgIpc) is 3.75. The van der Waals surface area contributed by atoms with Crippen LogP contribution >= 0.6 is 24.8 Å². The van der Waals surface area contributed by atoms with Gasteiger partial charge in [-0.1, -0.05) is 122 Å². The molecular weight excluding hydrogens is 715 g/mol. The molecule has 260 valence electrons. The fraction of sp³-hybridized carbons (Fsp3) is 0.413. The fourth-order valence-electron chi connectivity index (χ4n) is 8.33. The van der Waals surface area contributed by atoms with Crippen LogP contribution in [0.15, 0.2) is 72.3 Å². The van der Waals surface area contributed by atoms with Crippen molar-refractivity contribution in [2.75, 3.05) is 0 Å². The van der Waals surface area contributed by atoms with Crippen LogP contribution in [-0.4, -0.2) is 4.21 Å². The van der Waals surface area contributed by atoms with E-state index >= 15 is 0 Å². The van der Waals surface area contributed by atoms with E-state index in [1.54, 1.807) is 5.57 Å². The Morgan fingerprint density at radius 1 is 0.755 bits per heavy atom. The maximum atomic E-state index is 3.65. The molecule has 49 heavy (non-hydrogen) atoms. The van der Waals surface area contributed by atoms with Crippen molar-refractivity contribution in [3.8, 4) is 11.1 Å². The maximum absolute atomic E-state index is 3.65. The standard InChI is InChI=1S/C25H25.C13H19.C7H7.CH2.2ClH.Zr/c1-14-12-24(3,4)22-8-16-7-17-9-23-19(15(2)13-25(23,5)6)11-21(17)20(16)10-18(14)22;1-11-6-7-12(10-11)13(2)8-4-3-5-9-13;1-7-5-3-2-4-6-7;;;;/h8-12H,7H2,1-6H3;7,10-11H,3-5,8-9H2,1-2H3;3-6H,1H3;1H2;2*1H;/q3*-1;;;;. The quantitative estimate of drug-likeness (QED) is 0.169. The van der Waals surface area contributed by atoms with Gasteiger partial charge in [0.05, 0.1) is 0 Å². The molecule has 5 aliphatic carbocycles. The molecule has 0 spiro atoms. The molecule has 0 N–H and O–H groups in total. The van der Waals surface area contributed by atoms with Crippen molar-refractivity contribution in [1.29, 1.82) is 0 Å². The number of hydrogen-bond donors (Lipinski definition) is 0. The predicted octanol–water partition coefficient (Wildman–Crippen LogP) is 12.9. The van der Waals surface area contributed by atoms with E-state index in [1.807, 2.05) is 24.3 Å². The van der Waals surface area contributed by atoms with Gasteiger partial charge in [-0.05, 0) is 58.4 Å². The Kier molecular flexibility index (Phi) is 14.0. The van der Waals surface area contributed by atoms with E-state index in [1.165, 1.54) is 118 Å². The summed E-state index contributed by atoms with van der Waals surface area (Å²) < 4.78 is 3.34. The zero-order valence-electron chi connectivity index (χ0n) is 31.2. The van der Waals surface area contributed by atoms with Gasteiger partial charge in [0.15, 0.2) is 0 Å². The van der Waals surface area contributed by atoms with Crippen LogP contribution in [0.3, 0.4) is 0 Å². The molecule has 0 radical (unpaired) electrons. The predicted molar refractivity (Wildman–Crippen MR) is 215 cm³/mol. The van der Waals surface area contributed by atoms with Gasteiger partial charge < -0.3 is 0 Å². The Morgan fingerprint density at radius 3 is 1.86 bits per heavy atom. The molecule has 0 saturated heterocycles. The normalized spacial score (nSPS) is 20.2. The van der Waals surface area contributed by atoms with Crippen LogP contribution in [-0.2, 0) is 41.5 Å². The Hall–Kier alpha value is -2.05. The molecule has 1 unspecified atom stereocenters. The number of benzene rings is 3. The van der Waals surface area contributed by atoms with Crippen molar-refractivity contribution in [3.63, 3.8) is 0 Å². The summed E-state index contributed by atoms with van der Waals surface area (Å²) in [6, 6.07) is 20.6. The summed E-state index contributed by atoms with van der Waals surface area (Å²) in [6.45, 7) is 20.4. The molecule has 0 nitrogen and oxygen atoms in total. The summed E-state index contributed by atoms with van der Waals surface area (Å²) in [5.74, 6) is 0.550. The Balaban J connectivity index is 0.000000228. The van der Waals surface area contributed by atoms with Crippen molar-refractivity contribution in [3.05, 3.63) is 129 Å². The SMILES string of the molecule is CC1=[C-]C(C)(C)c2cc3c(cc21)-c1cc2c(cc1C3)C(C)(C)C=C2C.CC1[C-]=CC(C2(C)CCCCC2)=C1.Cc1cc[c-]cc1.Cl.Cl.[CH2]=[Zr]. The van der Waals surface area contributed by atoms with Crippen LogP contribution in [0.1, 0.15) is 126 Å². The molecule has 0 bridgehead atoms. The molecule has 0 aliphatic heterocycles. The van der Waals surface area contributed by atoms with Gasteiger partial charge in [-0.3, -0.25) is 12.2 Å². The molecule has 1 fully saturated rings. The Labute approximate surface area is 325 Å². The van der Waals surface area contributed by atoms with Gasteiger partial charge in [0.2, 0.25) is 0 Å². The number of halogens is 2. The number of hydrogen-bond acceptors (Lipinski definition) is 0. The van der Waals surface area contributed by atoms with E-state index in [4.69, 9.17) is 0 Å². The van der Waals surface area contributed by atoms with Crippen LogP contribution in [0, 0.1) is 36.5 Å². The average molecular weight is 770 g/mol. The van der Waals surface area contributed by atoms with Crippen LogP contribution in [0.4, 0.5) is 0 Å². The van der Waals surface area contributed by atoms with Crippen molar-refractivity contribution >= 4 is 40.2 Å². The number of rotatable bonds is 1.